The molecule has 0 saturated heterocycles. The molecule has 0 radical (unpaired) electrons. The smallest absolute Gasteiger partial charge is 0.248 e. The molecule has 14 heavy (non-hydrogen) atoms. The van der Waals surface area contributed by atoms with Gasteiger partial charge in [-0.15, -0.1) is 0 Å². The van der Waals surface area contributed by atoms with Gasteiger partial charge in [0.1, 0.15) is 5.75 Å². The zero-order valence-electron chi connectivity index (χ0n) is 8.49. The summed E-state index contributed by atoms with van der Waals surface area (Å²) in [5.74, 6) is 0.259. The topological polar surface area (TPSA) is 52.3 Å². The van der Waals surface area contributed by atoms with Crippen LogP contribution in [0.5, 0.6) is 5.75 Å². The molecular weight excluding hydrogens is 178 g/mol. The van der Waals surface area contributed by atoms with E-state index in [-0.39, 0.29) is 6.10 Å². The third-order valence-corrected chi connectivity index (χ3v) is 2.03. The predicted octanol–water partition coefficient (Wildman–Crippen LogP) is 1.96. The molecule has 0 aliphatic carbocycles. The Kier molecular flexibility index (Phi) is 3.51. The van der Waals surface area contributed by atoms with Crippen molar-refractivity contribution in [3.63, 3.8) is 0 Å². The normalized spacial score (nSPS) is 12.1. The number of nitrogens with two attached hydrogens (primary N) is 1. The molecule has 1 aromatic carbocycles. The van der Waals surface area contributed by atoms with Gasteiger partial charge in [-0.3, -0.25) is 4.79 Å². The summed E-state index contributed by atoms with van der Waals surface area (Å²) in [7, 11) is 0. The second kappa shape index (κ2) is 4.65. The maximum absolute atomic E-state index is 10.9. The minimum atomic E-state index is -0.431. The van der Waals surface area contributed by atoms with Gasteiger partial charge in [0.25, 0.3) is 0 Å². The number of carbonyl (C=O) groups is 1. The van der Waals surface area contributed by atoms with Gasteiger partial charge in [-0.05, 0) is 31.5 Å². The summed E-state index contributed by atoms with van der Waals surface area (Å²) in [6, 6.07) is 6.91. The van der Waals surface area contributed by atoms with E-state index in [2.05, 4.69) is 0 Å². The quantitative estimate of drug-likeness (QED) is 0.794. The fourth-order valence-corrected chi connectivity index (χ4v) is 1.04. The fraction of sp³-hybridized carbons (Fsp3) is 0.364. The Bertz CT molecular complexity index is 323. The lowest BCUT2D eigenvalue weighted by molar-refractivity contribution is 0.0999. The van der Waals surface area contributed by atoms with Crippen LogP contribution in [0.4, 0.5) is 0 Å². The largest absolute Gasteiger partial charge is 0.491 e. The molecule has 3 nitrogen and oxygen atoms in total. The van der Waals surface area contributed by atoms with Crippen LogP contribution >= 0.6 is 0 Å². The molecule has 1 rings (SSSR count). The Morgan fingerprint density at radius 3 is 2.86 bits per heavy atom. The lowest BCUT2D eigenvalue weighted by atomic mass is 10.2. The fourth-order valence-electron chi connectivity index (χ4n) is 1.04. The van der Waals surface area contributed by atoms with Gasteiger partial charge in [-0.1, -0.05) is 13.0 Å². The molecule has 0 spiro atoms. The van der Waals surface area contributed by atoms with Crippen LogP contribution in [0.25, 0.3) is 0 Å². The number of hydrogen-bond acceptors (Lipinski definition) is 2. The highest BCUT2D eigenvalue weighted by atomic mass is 16.5. The second-order valence-electron chi connectivity index (χ2n) is 3.23. The van der Waals surface area contributed by atoms with E-state index in [1.165, 1.54) is 0 Å². The van der Waals surface area contributed by atoms with Gasteiger partial charge in [-0.2, -0.15) is 0 Å². The Morgan fingerprint density at radius 2 is 2.29 bits per heavy atom. The van der Waals surface area contributed by atoms with Crippen molar-refractivity contribution in [1.29, 1.82) is 0 Å². The molecular formula is C11H15NO2. The number of carbonyl (C=O) groups excluding carboxylic acids is 1. The highest BCUT2D eigenvalue weighted by Crippen LogP contribution is 2.15. The van der Waals surface area contributed by atoms with Crippen LogP contribution in [0.3, 0.4) is 0 Å². The van der Waals surface area contributed by atoms with E-state index in [0.717, 1.165) is 6.42 Å². The first-order valence-corrected chi connectivity index (χ1v) is 4.70. The molecule has 1 aromatic rings. The summed E-state index contributed by atoms with van der Waals surface area (Å²) < 4.78 is 5.55. The van der Waals surface area contributed by atoms with E-state index >= 15 is 0 Å². The average Bonchev–Trinajstić information content (AvgIpc) is 2.18. The third-order valence-electron chi connectivity index (χ3n) is 2.03. The molecule has 2 N–H and O–H groups in total. The van der Waals surface area contributed by atoms with Crippen molar-refractivity contribution in [2.45, 2.75) is 26.4 Å². The Balaban J connectivity index is 2.78. The lowest BCUT2D eigenvalue weighted by Crippen LogP contribution is -2.13. The summed E-state index contributed by atoms with van der Waals surface area (Å²) in [6.07, 6.45) is 1.08. The van der Waals surface area contributed by atoms with Gasteiger partial charge in [0.05, 0.1) is 6.10 Å². The van der Waals surface area contributed by atoms with Gasteiger partial charge >= 0.3 is 0 Å². The summed E-state index contributed by atoms with van der Waals surface area (Å²) in [5, 5.41) is 0. The summed E-state index contributed by atoms with van der Waals surface area (Å²) in [4.78, 5) is 10.9. The van der Waals surface area contributed by atoms with Gasteiger partial charge in [0.15, 0.2) is 0 Å². The molecule has 1 unspecified atom stereocenters. The first-order valence-electron chi connectivity index (χ1n) is 4.70. The molecule has 76 valence electrons. The number of rotatable bonds is 4. The van der Waals surface area contributed by atoms with E-state index in [1.807, 2.05) is 19.9 Å². The van der Waals surface area contributed by atoms with Crippen molar-refractivity contribution in [1.82, 2.24) is 0 Å². The van der Waals surface area contributed by atoms with E-state index < -0.39 is 5.91 Å². The highest BCUT2D eigenvalue weighted by Gasteiger charge is 2.04. The molecule has 0 aliphatic rings. The molecule has 0 aromatic heterocycles. The Hall–Kier alpha value is -1.51. The van der Waals surface area contributed by atoms with Crippen molar-refractivity contribution in [3.8, 4) is 5.75 Å². The van der Waals surface area contributed by atoms with Gasteiger partial charge in [0, 0.05) is 5.56 Å². The molecule has 3 heteroatoms. The van der Waals surface area contributed by atoms with Crippen LogP contribution in [0.2, 0.25) is 0 Å². The van der Waals surface area contributed by atoms with E-state index in [4.69, 9.17) is 10.5 Å². The molecule has 0 saturated carbocycles. The zero-order valence-corrected chi connectivity index (χ0v) is 8.49. The Labute approximate surface area is 83.9 Å². The number of ether oxygens (including phenoxy) is 1. The van der Waals surface area contributed by atoms with Crippen LogP contribution in [0, 0.1) is 0 Å². The number of primary amides is 1. The van der Waals surface area contributed by atoms with Gasteiger partial charge in [-0.25, -0.2) is 0 Å². The monoisotopic (exact) mass is 193 g/mol. The second-order valence-corrected chi connectivity index (χ2v) is 3.23. The standard InChI is InChI=1S/C11H15NO2/c1-3-8(2)14-10-6-4-5-9(7-10)11(12)13/h4-8H,3H2,1-2H3,(H2,12,13). The van der Waals surface area contributed by atoms with Gasteiger partial charge in [0.2, 0.25) is 5.91 Å². The maximum Gasteiger partial charge on any atom is 0.248 e. The number of amides is 1. The summed E-state index contributed by atoms with van der Waals surface area (Å²) >= 11 is 0. The van der Waals surface area contributed by atoms with Crippen LogP contribution < -0.4 is 10.5 Å². The summed E-state index contributed by atoms with van der Waals surface area (Å²) in [5.41, 5.74) is 5.63. The maximum atomic E-state index is 10.9. The number of hydrogen-bond donors (Lipinski definition) is 1. The first-order chi connectivity index (χ1) is 6.63. The molecule has 1 amide bonds. The van der Waals surface area contributed by atoms with Crippen LogP contribution in [0.15, 0.2) is 24.3 Å². The van der Waals surface area contributed by atoms with Crippen molar-refractivity contribution in [3.05, 3.63) is 29.8 Å². The van der Waals surface area contributed by atoms with Crippen molar-refractivity contribution < 1.29 is 9.53 Å². The lowest BCUT2D eigenvalue weighted by Gasteiger charge is -2.12. The van der Waals surface area contributed by atoms with Crippen molar-refractivity contribution in [2.24, 2.45) is 5.73 Å². The minimum absolute atomic E-state index is 0.151. The van der Waals surface area contributed by atoms with Crippen LogP contribution in [-0.2, 0) is 0 Å². The molecule has 1 atom stereocenters. The first kappa shape index (κ1) is 10.6. The molecule has 0 heterocycles. The molecule has 0 aliphatic heterocycles. The molecule has 0 bridgehead atoms. The van der Waals surface area contributed by atoms with E-state index in [9.17, 15) is 4.79 Å². The minimum Gasteiger partial charge on any atom is -0.491 e. The SMILES string of the molecule is CCC(C)Oc1cccc(C(N)=O)c1. The molecule has 0 fully saturated rings. The number of benzene rings is 1. The van der Waals surface area contributed by atoms with E-state index in [1.54, 1.807) is 18.2 Å². The van der Waals surface area contributed by atoms with Crippen molar-refractivity contribution in [2.75, 3.05) is 0 Å². The average molecular weight is 193 g/mol. The van der Waals surface area contributed by atoms with Crippen LogP contribution in [-0.4, -0.2) is 12.0 Å². The predicted molar refractivity (Wildman–Crippen MR) is 55.3 cm³/mol. The van der Waals surface area contributed by atoms with Gasteiger partial charge < -0.3 is 10.5 Å². The van der Waals surface area contributed by atoms with Crippen molar-refractivity contribution >= 4 is 5.91 Å². The highest BCUT2D eigenvalue weighted by molar-refractivity contribution is 5.93. The summed E-state index contributed by atoms with van der Waals surface area (Å²) in [6.45, 7) is 4.03. The van der Waals surface area contributed by atoms with Crippen LogP contribution in [0.1, 0.15) is 30.6 Å². The zero-order chi connectivity index (χ0) is 10.6. The Morgan fingerprint density at radius 1 is 1.57 bits per heavy atom. The third kappa shape index (κ3) is 2.76. The van der Waals surface area contributed by atoms with E-state index in [0.29, 0.717) is 11.3 Å².